The molecule has 0 spiro atoms. The van der Waals surface area contributed by atoms with Crippen molar-refractivity contribution in [3.05, 3.63) is 169 Å². The first kappa shape index (κ1) is 31.0. The Labute approximate surface area is 316 Å². The number of rotatable bonds is 4. The molecule has 0 amide bonds. The first-order valence-electron chi connectivity index (χ1n) is 18.3. The van der Waals surface area contributed by atoms with Crippen LogP contribution in [0.4, 0.5) is 0 Å². The summed E-state index contributed by atoms with van der Waals surface area (Å²) in [6.45, 7) is 4.61. The van der Waals surface area contributed by atoms with Gasteiger partial charge in [-0.2, -0.15) is 0 Å². The van der Waals surface area contributed by atoms with E-state index in [9.17, 15) is 0 Å². The molecule has 0 N–H and O–H groups in total. The molecule has 0 bridgehead atoms. The Balaban J connectivity index is 1.17. The highest BCUT2D eigenvalue weighted by Crippen LogP contribution is 2.49. The number of pyridine rings is 1. The molecule has 4 nitrogen and oxygen atoms in total. The summed E-state index contributed by atoms with van der Waals surface area (Å²) in [4.78, 5) is 20.8. The zero-order valence-electron chi connectivity index (χ0n) is 29.7. The molecule has 10 aromatic rings. The first-order chi connectivity index (χ1) is 26.5. The van der Waals surface area contributed by atoms with Gasteiger partial charge in [0.2, 0.25) is 0 Å². The SMILES string of the molecule is CC1(C)c2ccccc2-c2cc(-c3nc(-c4ccccc4)nc(-c4ccc5nc(-c6ccccc6)c6ccc7sc8ccccc8c7c6c5c4)n3)ccc21. The van der Waals surface area contributed by atoms with Crippen molar-refractivity contribution in [3.63, 3.8) is 0 Å². The minimum Gasteiger partial charge on any atom is -0.247 e. The Morgan fingerprint density at radius 3 is 1.83 bits per heavy atom. The molecule has 3 aromatic heterocycles. The van der Waals surface area contributed by atoms with Gasteiger partial charge in [0.25, 0.3) is 0 Å². The van der Waals surface area contributed by atoms with E-state index in [2.05, 4.69) is 153 Å². The van der Waals surface area contributed by atoms with Crippen LogP contribution in [0.15, 0.2) is 158 Å². The smallest absolute Gasteiger partial charge is 0.164 e. The molecule has 0 atom stereocenters. The second-order valence-corrected chi connectivity index (χ2v) is 15.7. The summed E-state index contributed by atoms with van der Waals surface area (Å²) in [7, 11) is 0. The van der Waals surface area contributed by atoms with E-state index in [0.717, 1.165) is 44.2 Å². The van der Waals surface area contributed by atoms with Crippen molar-refractivity contribution in [2.75, 3.05) is 0 Å². The third kappa shape index (κ3) is 4.68. The number of nitrogens with zero attached hydrogens (tertiary/aromatic N) is 4. The van der Waals surface area contributed by atoms with Crippen LogP contribution >= 0.6 is 11.3 Å². The van der Waals surface area contributed by atoms with Gasteiger partial charge in [-0.1, -0.05) is 135 Å². The standard InChI is InChI=1S/C49H32N4S/c1-49(2)38-19-11-9-17-33(38)36-27-31(21-24-39(36)49)47-51-46(30-15-7-4-8-16-30)52-48(53-47)32-22-25-40-37(28-32)43-35(45(50-40)29-13-5-3-6-14-29)23-26-42-44(43)34-18-10-12-20-41(34)54-42/h3-28H,1-2H3. The molecule has 11 rings (SSSR count). The van der Waals surface area contributed by atoms with Crippen LogP contribution in [0, 0.1) is 0 Å². The fraction of sp³-hybridized carbons (Fsp3) is 0.0612. The largest absolute Gasteiger partial charge is 0.247 e. The lowest BCUT2D eigenvalue weighted by Crippen LogP contribution is -2.14. The van der Waals surface area contributed by atoms with Crippen LogP contribution in [0.25, 0.3) is 98.4 Å². The van der Waals surface area contributed by atoms with Crippen LogP contribution in [0.1, 0.15) is 25.0 Å². The van der Waals surface area contributed by atoms with Gasteiger partial charge in [0.05, 0.1) is 11.2 Å². The third-order valence-corrected chi connectivity index (χ3v) is 12.2. The lowest BCUT2D eigenvalue weighted by Gasteiger charge is -2.21. The van der Waals surface area contributed by atoms with Crippen LogP contribution in [-0.2, 0) is 5.41 Å². The minimum absolute atomic E-state index is 0.0780. The van der Waals surface area contributed by atoms with Crippen LogP contribution in [0.5, 0.6) is 0 Å². The highest BCUT2D eigenvalue weighted by Gasteiger charge is 2.35. The number of thiophene rings is 1. The second kappa shape index (κ2) is 11.7. The topological polar surface area (TPSA) is 51.6 Å². The molecule has 1 aliphatic rings. The summed E-state index contributed by atoms with van der Waals surface area (Å²) >= 11 is 1.84. The fourth-order valence-electron chi connectivity index (χ4n) is 8.47. The van der Waals surface area contributed by atoms with E-state index >= 15 is 0 Å². The van der Waals surface area contributed by atoms with Crippen LogP contribution in [0.2, 0.25) is 0 Å². The molecule has 0 unspecified atom stereocenters. The van der Waals surface area contributed by atoms with Crippen molar-refractivity contribution in [2.45, 2.75) is 19.3 Å². The quantitative estimate of drug-likeness (QED) is 0.171. The van der Waals surface area contributed by atoms with Crippen molar-refractivity contribution in [2.24, 2.45) is 0 Å². The molecular weight excluding hydrogens is 677 g/mol. The molecule has 1 aliphatic carbocycles. The Bertz CT molecular complexity index is 3130. The first-order valence-corrected chi connectivity index (χ1v) is 19.1. The molecule has 7 aromatic carbocycles. The van der Waals surface area contributed by atoms with E-state index in [0.29, 0.717) is 17.5 Å². The van der Waals surface area contributed by atoms with E-state index in [4.69, 9.17) is 19.9 Å². The number of fused-ring (bicyclic) bond motifs is 10. The van der Waals surface area contributed by atoms with E-state index in [1.54, 1.807) is 0 Å². The maximum atomic E-state index is 5.32. The second-order valence-electron chi connectivity index (χ2n) is 14.6. The number of benzene rings is 7. The zero-order chi connectivity index (χ0) is 36.0. The predicted molar refractivity (Wildman–Crippen MR) is 225 cm³/mol. The average molecular weight is 709 g/mol. The summed E-state index contributed by atoms with van der Waals surface area (Å²) < 4.78 is 2.54. The number of aromatic nitrogens is 4. The van der Waals surface area contributed by atoms with Crippen molar-refractivity contribution < 1.29 is 0 Å². The molecule has 0 aliphatic heterocycles. The van der Waals surface area contributed by atoms with E-state index in [-0.39, 0.29) is 5.41 Å². The van der Waals surface area contributed by atoms with Gasteiger partial charge in [-0.05, 0) is 58.7 Å². The molecule has 3 heterocycles. The Kier molecular flexibility index (Phi) is 6.73. The van der Waals surface area contributed by atoms with Gasteiger partial charge in [-0.25, -0.2) is 19.9 Å². The minimum atomic E-state index is -0.0780. The molecule has 5 heteroatoms. The van der Waals surface area contributed by atoms with E-state index < -0.39 is 0 Å². The Hall–Kier alpha value is -6.56. The zero-order valence-corrected chi connectivity index (χ0v) is 30.5. The van der Waals surface area contributed by atoms with Gasteiger partial charge in [-0.15, -0.1) is 11.3 Å². The summed E-state index contributed by atoms with van der Waals surface area (Å²) in [6.07, 6.45) is 0. The number of hydrogen-bond donors (Lipinski definition) is 0. The lowest BCUT2D eigenvalue weighted by atomic mass is 9.82. The molecule has 254 valence electrons. The van der Waals surface area contributed by atoms with Gasteiger partial charge in [0.1, 0.15) is 0 Å². The van der Waals surface area contributed by atoms with E-state index in [1.165, 1.54) is 47.8 Å². The van der Waals surface area contributed by atoms with Gasteiger partial charge in [0.15, 0.2) is 17.5 Å². The third-order valence-electron chi connectivity index (χ3n) is 11.1. The predicted octanol–water partition coefficient (Wildman–Crippen LogP) is 12.9. The maximum Gasteiger partial charge on any atom is 0.164 e. The lowest BCUT2D eigenvalue weighted by molar-refractivity contribution is 0.660. The maximum absolute atomic E-state index is 5.32. The van der Waals surface area contributed by atoms with Crippen molar-refractivity contribution in [1.82, 2.24) is 19.9 Å². The molecule has 0 saturated heterocycles. The van der Waals surface area contributed by atoms with Crippen molar-refractivity contribution in [3.8, 4) is 56.5 Å². The summed E-state index contributed by atoms with van der Waals surface area (Å²) in [5.74, 6) is 1.92. The van der Waals surface area contributed by atoms with Gasteiger partial charge >= 0.3 is 0 Å². The Morgan fingerprint density at radius 2 is 1.04 bits per heavy atom. The summed E-state index contributed by atoms with van der Waals surface area (Å²) in [6, 6.07) is 55.8. The molecule has 0 saturated carbocycles. The molecule has 54 heavy (non-hydrogen) atoms. The average Bonchev–Trinajstić information content (AvgIpc) is 3.72. The fourth-order valence-corrected chi connectivity index (χ4v) is 9.59. The van der Waals surface area contributed by atoms with Gasteiger partial charge < -0.3 is 0 Å². The Morgan fingerprint density at radius 1 is 0.407 bits per heavy atom. The molecular formula is C49H32N4S. The summed E-state index contributed by atoms with van der Waals surface area (Å²) in [5.41, 5.74) is 10.9. The van der Waals surface area contributed by atoms with Crippen LogP contribution in [0.3, 0.4) is 0 Å². The van der Waals surface area contributed by atoms with E-state index in [1.807, 2.05) is 29.5 Å². The van der Waals surface area contributed by atoms with Gasteiger partial charge in [-0.3, -0.25) is 0 Å². The molecule has 0 radical (unpaired) electrons. The highest BCUT2D eigenvalue weighted by atomic mass is 32.1. The van der Waals surface area contributed by atoms with Crippen LogP contribution < -0.4 is 0 Å². The van der Waals surface area contributed by atoms with Crippen molar-refractivity contribution >= 4 is 53.2 Å². The van der Waals surface area contributed by atoms with Crippen LogP contribution in [-0.4, -0.2) is 19.9 Å². The monoisotopic (exact) mass is 708 g/mol. The number of hydrogen-bond acceptors (Lipinski definition) is 5. The highest BCUT2D eigenvalue weighted by molar-refractivity contribution is 7.26. The normalized spacial score (nSPS) is 13.1. The van der Waals surface area contributed by atoms with Gasteiger partial charge in [0, 0.05) is 64.0 Å². The summed E-state index contributed by atoms with van der Waals surface area (Å²) in [5, 5.41) is 5.93. The van der Waals surface area contributed by atoms with Crippen molar-refractivity contribution in [1.29, 1.82) is 0 Å². The molecule has 0 fully saturated rings.